The van der Waals surface area contributed by atoms with E-state index in [9.17, 15) is 9.59 Å². The lowest BCUT2D eigenvalue weighted by Gasteiger charge is -2.18. The average Bonchev–Trinajstić information content (AvgIpc) is 2.16. The van der Waals surface area contributed by atoms with Crippen LogP contribution in [0.5, 0.6) is 0 Å². The number of aromatic amines is 1. The molecular formula is C11H17N3O2. The number of H-pyrrole nitrogens is 1. The molecular weight excluding hydrogens is 206 g/mol. The summed E-state index contributed by atoms with van der Waals surface area (Å²) in [6.45, 7) is 2.67. The molecule has 1 aromatic rings. The minimum absolute atomic E-state index is 0.0335. The van der Waals surface area contributed by atoms with E-state index in [2.05, 4.69) is 10.3 Å². The number of aromatic nitrogens is 1. The van der Waals surface area contributed by atoms with E-state index in [0.29, 0.717) is 0 Å². The third-order valence-electron chi connectivity index (χ3n) is 2.03. The van der Waals surface area contributed by atoms with Crippen LogP contribution in [0.3, 0.4) is 0 Å². The van der Waals surface area contributed by atoms with Gasteiger partial charge in [0.1, 0.15) is 5.69 Å². The van der Waals surface area contributed by atoms with Gasteiger partial charge in [0, 0.05) is 18.7 Å². The summed E-state index contributed by atoms with van der Waals surface area (Å²) in [6.07, 6.45) is 0. The molecule has 0 radical (unpaired) electrons. The number of nitrogens with one attached hydrogen (secondary N) is 2. The summed E-state index contributed by atoms with van der Waals surface area (Å²) < 4.78 is 0. The van der Waals surface area contributed by atoms with Crippen molar-refractivity contribution in [1.82, 2.24) is 15.2 Å². The zero-order valence-corrected chi connectivity index (χ0v) is 9.78. The van der Waals surface area contributed by atoms with Gasteiger partial charge in [-0.3, -0.25) is 9.59 Å². The Kier molecular flexibility index (Phi) is 4.25. The van der Waals surface area contributed by atoms with Gasteiger partial charge in [-0.2, -0.15) is 0 Å². The molecule has 1 amide bonds. The standard InChI is InChI=1S/C11H17N3O2/c1-8(7-14(2)3)12-11(16)9-5-4-6-10(15)13-9/h4-6,8H,7H2,1-3H3,(H,12,16)(H,13,15). The number of hydrogen-bond donors (Lipinski definition) is 2. The van der Waals surface area contributed by atoms with Crippen LogP contribution in [0.1, 0.15) is 17.4 Å². The quantitative estimate of drug-likeness (QED) is 0.758. The summed E-state index contributed by atoms with van der Waals surface area (Å²) in [5, 5.41) is 2.80. The maximum atomic E-state index is 11.7. The van der Waals surface area contributed by atoms with Crippen molar-refractivity contribution in [3.05, 3.63) is 34.2 Å². The Balaban J connectivity index is 2.62. The van der Waals surface area contributed by atoms with Crippen molar-refractivity contribution in [1.29, 1.82) is 0 Å². The molecule has 0 bridgehead atoms. The predicted molar refractivity (Wildman–Crippen MR) is 62.5 cm³/mol. The van der Waals surface area contributed by atoms with E-state index >= 15 is 0 Å². The van der Waals surface area contributed by atoms with Crippen LogP contribution in [0.25, 0.3) is 0 Å². The molecule has 0 saturated heterocycles. The van der Waals surface area contributed by atoms with Crippen LogP contribution in [0, 0.1) is 0 Å². The first-order valence-electron chi connectivity index (χ1n) is 5.14. The van der Waals surface area contributed by atoms with E-state index in [1.807, 2.05) is 25.9 Å². The smallest absolute Gasteiger partial charge is 0.268 e. The summed E-state index contributed by atoms with van der Waals surface area (Å²) >= 11 is 0. The van der Waals surface area contributed by atoms with Crippen LogP contribution in [-0.2, 0) is 0 Å². The van der Waals surface area contributed by atoms with Crippen molar-refractivity contribution in [2.24, 2.45) is 0 Å². The van der Waals surface area contributed by atoms with Crippen molar-refractivity contribution in [2.75, 3.05) is 20.6 Å². The predicted octanol–water partition coefficient (Wildman–Crippen LogP) is 0.0548. The highest BCUT2D eigenvalue weighted by molar-refractivity contribution is 5.92. The summed E-state index contributed by atoms with van der Waals surface area (Å²) in [6, 6.07) is 4.55. The normalized spacial score (nSPS) is 12.5. The molecule has 0 aromatic carbocycles. The largest absolute Gasteiger partial charge is 0.347 e. The van der Waals surface area contributed by atoms with Crippen molar-refractivity contribution in [2.45, 2.75) is 13.0 Å². The second-order valence-electron chi connectivity index (χ2n) is 4.07. The van der Waals surface area contributed by atoms with E-state index in [1.165, 1.54) is 6.07 Å². The number of amides is 1. The fourth-order valence-electron chi connectivity index (χ4n) is 1.48. The third kappa shape index (κ3) is 3.86. The van der Waals surface area contributed by atoms with Crippen molar-refractivity contribution >= 4 is 5.91 Å². The van der Waals surface area contributed by atoms with E-state index in [4.69, 9.17) is 0 Å². The summed E-state index contributed by atoms with van der Waals surface area (Å²) in [5.41, 5.74) is 0.0195. The highest BCUT2D eigenvalue weighted by Gasteiger charge is 2.10. The fourth-order valence-corrected chi connectivity index (χ4v) is 1.48. The van der Waals surface area contributed by atoms with E-state index in [0.717, 1.165) is 6.54 Å². The second kappa shape index (κ2) is 5.46. The number of rotatable bonds is 4. The lowest BCUT2D eigenvalue weighted by atomic mass is 10.3. The summed E-state index contributed by atoms with van der Waals surface area (Å²) in [5.74, 6) is -0.257. The first-order valence-corrected chi connectivity index (χ1v) is 5.14. The van der Waals surface area contributed by atoms with Crippen LogP contribution < -0.4 is 10.9 Å². The molecule has 0 spiro atoms. The number of likely N-dealkylation sites (N-methyl/N-ethyl adjacent to an activating group) is 1. The molecule has 16 heavy (non-hydrogen) atoms. The fraction of sp³-hybridized carbons (Fsp3) is 0.455. The van der Waals surface area contributed by atoms with Crippen LogP contribution in [0.2, 0.25) is 0 Å². The molecule has 88 valence electrons. The third-order valence-corrected chi connectivity index (χ3v) is 2.03. The Hall–Kier alpha value is -1.62. The first kappa shape index (κ1) is 12.4. The Morgan fingerprint density at radius 2 is 2.19 bits per heavy atom. The van der Waals surface area contributed by atoms with Crippen LogP contribution in [0.4, 0.5) is 0 Å². The van der Waals surface area contributed by atoms with Crippen molar-refractivity contribution < 1.29 is 4.79 Å². The van der Waals surface area contributed by atoms with Gasteiger partial charge in [0.25, 0.3) is 5.91 Å². The molecule has 0 fully saturated rings. The van der Waals surface area contributed by atoms with Gasteiger partial charge < -0.3 is 15.2 Å². The van der Waals surface area contributed by atoms with Gasteiger partial charge in [0.05, 0.1) is 0 Å². The molecule has 0 aliphatic carbocycles. The van der Waals surface area contributed by atoms with Crippen molar-refractivity contribution in [3.63, 3.8) is 0 Å². The number of hydrogen-bond acceptors (Lipinski definition) is 3. The zero-order chi connectivity index (χ0) is 12.1. The lowest BCUT2D eigenvalue weighted by molar-refractivity contribution is 0.0929. The Morgan fingerprint density at radius 1 is 1.50 bits per heavy atom. The SMILES string of the molecule is CC(CN(C)C)NC(=O)c1cccc(=O)[nH]1. The monoisotopic (exact) mass is 223 g/mol. The van der Waals surface area contributed by atoms with Crippen molar-refractivity contribution in [3.8, 4) is 0 Å². The summed E-state index contributed by atoms with van der Waals surface area (Å²) in [4.78, 5) is 27.2. The van der Waals surface area contributed by atoms with Gasteiger partial charge in [-0.15, -0.1) is 0 Å². The molecule has 1 heterocycles. The van der Waals surface area contributed by atoms with Gasteiger partial charge in [-0.05, 0) is 27.1 Å². The molecule has 5 nitrogen and oxygen atoms in total. The molecule has 1 atom stereocenters. The maximum Gasteiger partial charge on any atom is 0.268 e. The number of nitrogens with zero attached hydrogens (tertiary/aromatic N) is 1. The first-order chi connectivity index (χ1) is 7.49. The highest BCUT2D eigenvalue weighted by atomic mass is 16.2. The van der Waals surface area contributed by atoms with E-state index < -0.39 is 0 Å². The molecule has 5 heteroatoms. The molecule has 0 aliphatic heterocycles. The van der Waals surface area contributed by atoms with Gasteiger partial charge >= 0.3 is 0 Å². The number of carbonyl (C=O) groups is 1. The number of carbonyl (C=O) groups excluding carboxylic acids is 1. The summed E-state index contributed by atoms with van der Waals surface area (Å²) in [7, 11) is 3.88. The van der Waals surface area contributed by atoms with E-state index in [1.54, 1.807) is 12.1 Å². The van der Waals surface area contributed by atoms with Gasteiger partial charge in [-0.25, -0.2) is 0 Å². The molecule has 0 aliphatic rings. The maximum absolute atomic E-state index is 11.7. The second-order valence-corrected chi connectivity index (χ2v) is 4.07. The zero-order valence-electron chi connectivity index (χ0n) is 9.78. The molecule has 1 unspecified atom stereocenters. The minimum Gasteiger partial charge on any atom is -0.347 e. The van der Waals surface area contributed by atoms with Gasteiger partial charge in [0.15, 0.2) is 0 Å². The van der Waals surface area contributed by atoms with Crippen LogP contribution in [0.15, 0.2) is 23.0 Å². The van der Waals surface area contributed by atoms with Crippen LogP contribution in [-0.4, -0.2) is 42.5 Å². The average molecular weight is 223 g/mol. The van der Waals surface area contributed by atoms with E-state index in [-0.39, 0.29) is 23.2 Å². The molecule has 1 rings (SSSR count). The molecule has 2 N–H and O–H groups in total. The van der Waals surface area contributed by atoms with Crippen LogP contribution >= 0.6 is 0 Å². The topological polar surface area (TPSA) is 65.2 Å². The highest BCUT2D eigenvalue weighted by Crippen LogP contribution is 1.92. The Labute approximate surface area is 94.5 Å². The van der Waals surface area contributed by atoms with Gasteiger partial charge in [-0.1, -0.05) is 6.07 Å². The minimum atomic E-state index is -0.270. The lowest BCUT2D eigenvalue weighted by Crippen LogP contribution is -2.40. The Bertz CT molecular complexity index is 412. The molecule has 0 saturated carbocycles. The Morgan fingerprint density at radius 3 is 2.75 bits per heavy atom. The molecule has 1 aromatic heterocycles. The number of pyridine rings is 1. The van der Waals surface area contributed by atoms with Gasteiger partial charge in [0.2, 0.25) is 5.56 Å².